The third-order valence-electron chi connectivity index (χ3n) is 4.25. The van der Waals surface area contributed by atoms with Gasteiger partial charge in [0, 0.05) is 0 Å². The maximum Gasteiger partial charge on any atom is 0.306 e. The fourth-order valence-electron chi connectivity index (χ4n) is 2.95. The van der Waals surface area contributed by atoms with Gasteiger partial charge in [0.15, 0.2) is 0 Å². The van der Waals surface area contributed by atoms with Crippen LogP contribution in [0.25, 0.3) is 0 Å². The highest BCUT2D eigenvalue weighted by Gasteiger charge is 2.43. The maximum atomic E-state index is 10.9. The highest BCUT2D eigenvalue weighted by atomic mass is 16.5. The van der Waals surface area contributed by atoms with Crippen molar-refractivity contribution in [2.75, 3.05) is 6.61 Å². The molecule has 21 heavy (non-hydrogen) atoms. The van der Waals surface area contributed by atoms with Gasteiger partial charge in [0.2, 0.25) is 0 Å². The van der Waals surface area contributed by atoms with Crippen LogP contribution in [0.2, 0.25) is 0 Å². The predicted octanol–water partition coefficient (Wildman–Crippen LogP) is 4.24. The van der Waals surface area contributed by atoms with Crippen LogP contribution < -0.4 is 4.74 Å². The summed E-state index contributed by atoms with van der Waals surface area (Å²) in [7, 11) is 0. The topological polar surface area (TPSA) is 46.5 Å². The molecule has 3 unspecified atom stereocenters. The van der Waals surface area contributed by atoms with E-state index in [1.807, 2.05) is 6.07 Å². The van der Waals surface area contributed by atoms with Gasteiger partial charge in [0.1, 0.15) is 5.75 Å². The lowest BCUT2D eigenvalue weighted by atomic mass is 9.91. The van der Waals surface area contributed by atoms with E-state index < -0.39 is 5.97 Å². The Hall–Kier alpha value is -1.51. The summed E-state index contributed by atoms with van der Waals surface area (Å²) in [6.45, 7) is 9.30. The summed E-state index contributed by atoms with van der Waals surface area (Å²) in [5.74, 6) is 1.45. The molecule has 1 aromatic carbocycles. The predicted molar refractivity (Wildman–Crippen MR) is 83.8 cm³/mol. The molecule has 2 rings (SSSR count). The summed E-state index contributed by atoms with van der Waals surface area (Å²) in [5.41, 5.74) is 2.54. The third-order valence-corrected chi connectivity index (χ3v) is 4.25. The number of carboxylic acids is 1. The van der Waals surface area contributed by atoms with E-state index in [4.69, 9.17) is 9.84 Å². The molecule has 1 saturated carbocycles. The second kappa shape index (κ2) is 6.50. The minimum Gasteiger partial charge on any atom is -0.493 e. The second-order valence-corrected chi connectivity index (χ2v) is 6.80. The van der Waals surface area contributed by atoms with Crippen LogP contribution in [0, 0.1) is 24.7 Å². The SMILES string of the molecule is Cc1cc(OCC(C)C)ccc1C(C)CC1CC1C(=O)O. The molecule has 0 bridgehead atoms. The van der Waals surface area contributed by atoms with Crippen LogP contribution in [-0.2, 0) is 4.79 Å². The molecule has 1 aliphatic carbocycles. The van der Waals surface area contributed by atoms with Crippen LogP contribution in [0.3, 0.4) is 0 Å². The first-order valence-electron chi connectivity index (χ1n) is 7.84. The maximum absolute atomic E-state index is 10.9. The minimum absolute atomic E-state index is 0.110. The molecule has 3 nitrogen and oxygen atoms in total. The van der Waals surface area contributed by atoms with Gasteiger partial charge in [0.25, 0.3) is 0 Å². The van der Waals surface area contributed by atoms with Crippen molar-refractivity contribution in [2.45, 2.75) is 46.5 Å². The number of hydrogen-bond donors (Lipinski definition) is 1. The molecule has 1 N–H and O–H groups in total. The number of benzene rings is 1. The molecule has 1 aromatic rings. The summed E-state index contributed by atoms with van der Waals surface area (Å²) in [5, 5.41) is 8.99. The lowest BCUT2D eigenvalue weighted by molar-refractivity contribution is -0.138. The molecule has 3 heteroatoms. The minimum atomic E-state index is -0.638. The van der Waals surface area contributed by atoms with Crippen molar-refractivity contribution in [3.05, 3.63) is 29.3 Å². The van der Waals surface area contributed by atoms with Crippen molar-refractivity contribution in [3.63, 3.8) is 0 Å². The van der Waals surface area contributed by atoms with Crippen LogP contribution in [0.4, 0.5) is 0 Å². The monoisotopic (exact) mass is 290 g/mol. The summed E-state index contributed by atoms with van der Waals surface area (Å²) >= 11 is 0. The highest BCUT2D eigenvalue weighted by Crippen LogP contribution is 2.45. The summed E-state index contributed by atoms with van der Waals surface area (Å²) in [4.78, 5) is 10.9. The van der Waals surface area contributed by atoms with Gasteiger partial charge in [-0.1, -0.05) is 26.8 Å². The molecule has 0 amide bonds. The molecule has 0 heterocycles. The third kappa shape index (κ3) is 4.23. The van der Waals surface area contributed by atoms with Gasteiger partial charge >= 0.3 is 5.97 Å². The largest absolute Gasteiger partial charge is 0.493 e. The first kappa shape index (κ1) is 15.9. The van der Waals surface area contributed by atoms with Crippen LogP contribution in [-0.4, -0.2) is 17.7 Å². The molecule has 0 aliphatic heterocycles. The van der Waals surface area contributed by atoms with Gasteiger partial charge in [-0.3, -0.25) is 4.79 Å². The molecule has 0 radical (unpaired) electrons. The zero-order valence-electron chi connectivity index (χ0n) is 13.4. The van der Waals surface area contributed by atoms with E-state index in [1.54, 1.807) is 0 Å². The Bertz CT molecular complexity index is 507. The van der Waals surface area contributed by atoms with Crippen LogP contribution in [0.1, 0.15) is 50.7 Å². The Kier molecular flexibility index (Phi) is 4.92. The van der Waals surface area contributed by atoms with Gasteiger partial charge in [0.05, 0.1) is 12.5 Å². The van der Waals surface area contributed by atoms with Crippen molar-refractivity contribution >= 4 is 5.97 Å². The number of aliphatic carboxylic acids is 1. The molecule has 1 aliphatic rings. The standard InChI is InChI=1S/C18H26O3/c1-11(2)10-21-15-5-6-16(13(4)8-15)12(3)7-14-9-17(14)18(19)20/h5-6,8,11-12,14,17H,7,9-10H2,1-4H3,(H,19,20). The smallest absolute Gasteiger partial charge is 0.306 e. The molecule has 1 fully saturated rings. The molecule has 0 aromatic heterocycles. The van der Waals surface area contributed by atoms with Crippen molar-refractivity contribution in [3.8, 4) is 5.75 Å². The summed E-state index contributed by atoms with van der Waals surface area (Å²) in [6.07, 6.45) is 1.80. The van der Waals surface area contributed by atoms with E-state index in [0.717, 1.165) is 25.2 Å². The number of rotatable bonds is 7. The van der Waals surface area contributed by atoms with Gasteiger partial charge in [-0.25, -0.2) is 0 Å². The van der Waals surface area contributed by atoms with Crippen LogP contribution >= 0.6 is 0 Å². The number of hydrogen-bond acceptors (Lipinski definition) is 2. The van der Waals surface area contributed by atoms with Crippen molar-refractivity contribution in [1.82, 2.24) is 0 Å². The van der Waals surface area contributed by atoms with E-state index in [2.05, 4.69) is 39.8 Å². The Balaban J connectivity index is 1.95. The van der Waals surface area contributed by atoms with Gasteiger partial charge < -0.3 is 9.84 Å². The Labute approximate surface area is 127 Å². The van der Waals surface area contributed by atoms with Crippen molar-refractivity contribution < 1.29 is 14.6 Å². The highest BCUT2D eigenvalue weighted by molar-refractivity contribution is 5.73. The normalized spacial score (nSPS) is 22.1. The fraction of sp³-hybridized carbons (Fsp3) is 0.611. The zero-order valence-corrected chi connectivity index (χ0v) is 13.4. The Morgan fingerprint density at radius 3 is 2.62 bits per heavy atom. The average molecular weight is 290 g/mol. The molecular formula is C18H26O3. The van der Waals surface area contributed by atoms with Crippen LogP contribution in [0.15, 0.2) is 18.2 Å². The van der Waals surface area contributed by atoms with E-state index in [-0.39, 0.29) is 5.92 Å². The molecule has 3 atom stereocenters. The van der Waals surface area contributed by atoms with Crippen molar-refractivity contribution in [2.24, 2.45) is 17.8 Å². The van der Waals surface area contributed by atoms with Crippen LogP contribution in [0.5, 0.6) is 5.75 Å². The fourth-order valence-corrected chi connectivity index (χ4v) is 2.95. The summed E-state index contributed by atoms with van der Waals surface area (Å²) in [6, 6.07) is 6.26. The number of aryl methyl sites for hydroxylation is 1. The molecule has 0 spiro atoms. The first-order valence-corrected chi connectivity index (χ1v) is 7.84. The van der Waals surface area contributed by atoms with E-state index in [0.29, 0.717) is 17.8 Å². The number of ether oxygens (including phenoxy) is 1. The Morgan fingerprint density at radius 1 is 1.38 bits per heavy atom. The summed E-state index contributed by atoms with van der Waals surface area (Å²) < 4.78 is 5.75. The number of carboxylic acid groups (broad SMARTS) is 1. The lowest BCUT2D eigenvalue weighted by Gasteiger charge is -2.16. The molecule has 116 valence electrons. The van der Waals surface area contributed by atoms with E-state index >= 15 is 0 Å². The van der Waals surface area contributed by atoms with Gasteiger partial charge in [-0.2, -0.15) is 0 Å². The second-order valence-electron chi connectivity index (χ2n) is 6.80. The van der Waals surface area contributed by atoms with E-state index in [1.165, 1.54) is 11.1 Å². The number of carbonyl (C=O) groups is 1. The van der Waals surface area contributed by atoms with Gasteiger partial charge in [-0.15, -0.1) is 0 Å². The average Bonchev–Trinajstić information content (AvgIpc) is 3.15. The van der Waals surface area contributed by atoms with Crippen molar-refractivity contribution in [1.29, 1.82) is 0 Å². The lowest BCUT2D eigenvalue weighted by Crippen LogP contribution is -2.06. The molecular weight excluding hydrogens is 264 g/mol. The Morgan fingerprint density at radius 2 is 2.10 bits per heavy atom. The quantitative estimate of drug-likeness (QED) is 0.816. The van der Waals surface area contributed by atoms with Gasteiger partial charge in [-0.05, 0) is 60.8 Å². The zero-order chi connectivity index (χ0) is 15.6. The van der Waals surface area contributed by atoms with E-state index in [9.17, 15) is 4.79 Å². The first-order chi connectivity index (χ1) is 9.88. The molecule has 0 saturated heterocycles.